The van der Waals surface area contributed by atoms with Gasteiger partial charge in [-0.25, -0.2) is 4.79 Å². The predicted octanol–water partition coefficient (Wildman–Crippen LogP) is 2.42. The van der Waals surface area contributed by atoms with Gasteiger partial charge in [-0.2, -0.15) is 0 Å². The minimum Gasteiger partial charge on any atom is -0.377 e. The number of carbonyl (C=O) groups is 1. The lowest BCUT2D eigenvalue weighted by atomic mass is 9.82. The maximum Gasteiger partial charge on any atom is 0.326 e. The van der Waals surface area contributed by atoms with E-state index in [1.54, 1.807) is 0 Å². The van der Waals surface area contributed by atoms with Crippen LogP contribution in [0.3, 0.4) is 0 Å². The largest absolute Gasteiger partial charge is 0.377 e. The number of aromatic amines is 2. The van der Waals surface area contributed by atoms with E-state index in [1.807, 2.05) is 6.07 Å². The molecule has 1 amide bonds. The molecule has 1 saturated heterocycles. The van der Waals surface area contributed by atoms with Gasteiger partial charge < -0.3 is 20.5 Å². The molecule has 0 bridgehead atoms. The van der Waals surface area contributed by atoms with Crippen LogP contribution in [0, 0.1) is 0 Å². The summed E-state index contributed by atoms with van der Waals surface area (Å²) in [5.74, 6) is 0.104. The number of H-pyrrole nitrogens is 2. The lowest BCUT2D eigenvalue weighted by Gasteiger charge is -2.29. The van der Waals surface area contributed by atoms with E-state index in [-0.39, 0.29) is 17.4 Å². The minimum atomic E-state index is -0.672. The summed E-state index contributed by atoms with van der Waals surface area (Å²) in [7, 11) is 0. The van der Waals surface area contributed by atoms with Gasteiger partial charge in [0.15, 0.2) is 0 Å². The summed E-state index contributed by atoms with van der Waals surface area (Å²) in [4.78, 5) is 44.3. The summed E-state index contributed by atoms with van der Waals surface area (Å²) in [6.07, 6.45) is 7.40. The van der Waals surface area contributed by atoms with Crippen molar-refractivity contribution in [2.75, 3.05) is 31.5 Å². The van der Waals surface area contributed by atoms with E-state index in [1.165, 1.54) is 24.8 Å². The quantitative estimate of drug-likeness (QED) is 0.530. The van der Waals surface area contributed by atoms with Crippen LogP contribution in [0.2, 0.25) is 0 Å². The third-order valence-electron chi connectivity index (χ3n) is 6.68. The van der Waals surface area contributed by atoms with E-state index in [0.717, 1.165) is 45.3 Å². The van der Waals surface area contributed by atoms with Crippen LogP contribution < -0.4 is 21.9 Å². The summed E-state index contributed by atoms with van der Waals surface area (Å²) >= 11 is 0. The number of nitrogens with one attached hydrogen (secondary N) is 4. The summed E-state index contributed by atoms with van der Waals surface area (Å²) in [5.41, 5.74) is 0.260. The first-order valence-corrected chi connectivity index (χ1v) is 11.8. The Morgan fingerprint density at radius 2 is 1.69 bits per heavy atom. The van der Waals surface area contributed by atoms with E-state index < -0.39 is 17.2 Å². The van der Waals surface area contributed by atoms with Crippen molar-refractivity contribution in [1.82, 2.24) is 20.2 Å². The highest BCUT2D eigenvalue weighted by atomic mass is 16.2. The molecular formula is C24H33N5O3. The van der Waals surface area contributed by atoms with Crippen LogP contribution in [-0.4, -0.2) is 53.0 Å². The Labute approximate surface area is 187 Å². The molecule has 0 unspecified atom stereocenters. The van der Waals surface area contributed by atoms with Crippen LogP contribution in [0.5, 0.6) is 0 Å². The number of carbonyl (C=O) groups excluding carboxylic acids is 1. The van der Waals surface area contributed by atoms with E-state index in [9.17, 15) is 14.4 Å². The second kappa shape index (κ2) is 10.6. The van der Waals surface area contributed by atoms with Crippen molar-refractivity contribution in [3.05, 3.63) is 62.4 Å². The van der Waals surface area contributed by atoms with Gasteiger partial charge in [-0.3, -0.25) is 14.6 Å². The number of aromatic nitrogens is 2. The van der Waals surface area contributed by atoms with Gasteiger partial charge in [0.1, 0.15) is 11.4 Å². The Bertz CT molecular complexity index is 1000. The lowest BCUT2D eigenvalue weighted by molar-refractivity contribution is 0.0921. The fourth-order valence-corrected chi connectivity index (χ4v) is 4.90. The topological polar surface area (TPSA) is 110 Å². The molecule has 0 radical (unpaired) electrons. The molecule has 4 N–H and O–H groups in total. The van der Waals surface area contributed by atoms with Gasteiger partial charge in [-0.15, -0.1) is 0 Å². The first-order valence-electron chi connectivity index (χ1n) is 11.8. The highest BCUT2D eigenvalue weighted by Gasteiger charge is 2.25. The van der Waals surface area contributed by atoms with Crippen molar-refractivity contribution in [2.24, 2.45) is 0 Å². The minimum absolute atomic E-state index is 0.0163. The van der Waals surface area contributed by atoms with Crippen molar-refractivity contribution in [2.45, 2.75) is 56.9 Å². The summed E-state index contributed by atoms with van der Waals surface area (Å²) in [5, 5.41) is 6.12. The van der Waals surface area contributed by atoms with Crippen molar-refractivity contribution >= 4 is 11.6 Å². The monoisotopic (exact) mass is 439 g/mol. The average molecular weight is 440 g/mol. The van der Waals surface area contributed by atoms with Gasteiger partial charge in [0.2, 0.25) is 0 Å². The zero-order chi connectivity index (χ0) is 22.3. The number of benzene rings is 1. The standard InChI is InChI=1S/C24H33N5O3/c30-22-20(25-13-16-29-14-5-2-6-15-29)21(27-24(32)28-22)23(31)26-19-11-9-18(10-12-19)17-7-3-1-4-8-17/h1,3-4,7-8,18-19,25H,2,5-6,9-16H2,(H,26,31)(H2,27,28,30,32)/t18-,19-. The summed E-state index contributed by atoms with van der Waals surface area (Å²) < 4.78 is 0. The second-order valence-electron chi connectivity index (χ2n) is 8.92. The Balaban J connectivity index is 1.36. The van der Waals surface area contributed by atoms with Crippen LogP contribution in [0.1, 0.15) is 66.9 Å². The molecule has 172 valence electrons. The van der Waals surface area contributed by atoms with Crippen molar-refractivity contribution in [3.8, 4) is 0 Å². The maximum atomic E-state index is 13.0. The lowest BCUT2D eigenvalue weighted by Crippen LogP contribution is -2.41. The molecule has 0 spiro atoms. The molecule has 0 atom stereocenters. The Kier molecular flexibility index (Phi) is 7.42. The Morgan fingerprint density at radius 3 is 2.41 bits per heavy atom. The highest BCUT2D eigenvalue weighted by Crippen LogP contribution is 2.32. The predicted molar refractivity (Wildman–Crippen MR) is 125 cm³/mol. The third-order valence-corrected chi connectivity index (χ3v) is 6.68. The zero-order valence-corrected chi connectivity index (χ0v) is 18.5. The number of anilines is 1. The van der Waals surface area contributed by atoms with E-state index in [4.69, 9.17) is 0 Å². The molecule has 2 aromatic rings. The Hall–Kier alpha value is -2.87. The van der Waals surface area contributed by atoms with E-state index >= 15 is 0 Å². The molecule has 1 saturated carbocycles. The van der Waals surface area contributed by atoms with Gasteiger partial charge in [0, 0.05) is 19.1 Å². The van der Waals surface area contributed by atoms with Crippen LogP contribution in [0.25, 0.3) is 0 Å². The van der Waals surface area contributed by atoms with Gasteiger partial charge in [-0.1, -0.05) is 36.8 Å². The summed E-state index contributed by atoms with van der Waals surface area (Å²) in [6.45, 7) is 3.45. The molecule has 2 aliphatic rings. The average Bonchev–Trinajstić information content (AvgIpc) is 2.82. The number of likely N-dealkylation sites (tertiary alicyclic amines) is 1. The van der Waals surface area contributed by atoms with Crippen molar-refractivity contribution in [1.29, 1.82) is 0 Å². The number of piperidine rings is 1. The molecule has 8 nitrogen and oxygen atoms in total. The first kappa shape index (κ1) is 22.3. The first-order chi connectivity index (χ1) is 15.6. The molecule has 32 heavy (non-hydrogen) atoms. The smallest absolute Gasteiger partial charge is 0.326 e. The Morgan fingerprint density at radius 1 is 0.969 bits per heavy atom. The fourth-order valence-electron chi connectivity index (χ4n) is 4.90. The zero-order valence-electron chi connectivity index (χ0n) is 18.5. The van der Waals surface area contributed by atoms with Crippen LogP contribution in [0.4, 0.5) is 5.69 Å². The molecule has 1 aliphatic carbocycles. The molecule has 1 aromatic carbocycles. The molecule has 2 fully saturated rings. The molecule has 2 heterocycles. The number of amides is 1. The van der Waals surface area contributed by atoms with Gasteiger partial charge >= 0.3 is 5.69 Å². The number of rotatable bonds is 7. The van der Waals surface area contributed by atoms with Crippen molar-refractivity contribution < 1.29 is 4.79 Å². The molecule has 4 rings (SSSR count). The van der Waals surface area contributed by atoms with Crippen LogP contribution >= 0.6 is 0 Å². The maximum absolute atomic E-state index is 13.0. The van der Waals surface area contributed by atoms with Crippen LogP contribution in [0.15, 0.2) is 39.9 Å². The van der Waals surface area contributed by atoms with E-state index in [0.29, 0.717) is 12.5 Å². The number of nitrogens with zero attached hydrogens (tertiary/aromatic N) is 1. The number of hydrogen-bond donors (Lipinski definition) is 4. The normalized spacial score (nSPS) is 21.8. The van der Waals surface area contributed by atoms with Crippen molar-refractivity contribution in [3.63, 3.8) is 0 Å². The van der Waals surface area contributed by atoms with Gasteiger partial charge in [-0.05, 0) is 63.1 Å². The number of hydrogen-bond acceptors (Lipinski definition) is 5. The molecule has 1 aromatic heterocycles. The van der Waals surface area contributed by atoms with Gasteiger partial charge in [0.25, 0.3) is 11.5 Å². The summed E-state index contributed by atoms with van der Waals surface area (Å²) in [6, 6.07) is 10.5. The van der Waals surface area contributed by atoms with E-state index in [2.05, 4.69) is 49.8 Å². The molecule has 8 heteroatoms. The molecule has 1 aliphatic heterocycles. The van der Waals surface area contributed by atoms with Gasteiger partial charge in [0.05, 0.1) is 0 Å². The van der Waals surface area contributed by atoms with Crippen LogP contribution in [-0.2, 0) is 0 Å². The SMILES string of the molecule is O=C(N[C@H]1CC[C@H](c2ccccc2)CC1)c1[nH]c(=O)[nH]c(=O)c1NCCN1CCCCC1. The third kappa shape index (κ3) is 5.68. The second-order valence-corrected chi connectivity index (χ2v) is 8.92. The molecular weight excluding hydrogens is 406 g/mol. The highest BCUT2D eigenvalue weighted by molar-refractivity contribution is 5.97. The fraction of sp³-hybridized carbons (Fsp3) is 0.542.